The molecular weight excluding hydrogens is 297 g/mol. The first kappa shape index (κ1) is 17.1. The Labute approximate surface area is 123 Å². The fourth-order valence-corrected chi connectivity index (χ4v) is 4.65. The molecule has 0 aliphatic rings. The highest BCUT2D eigenvalue weighted by atomic mass is 32.2. The predicted molar refractivity (Wildman–Crippen MR) is 82.5 cm³/mol. The lowest BCUT2D eigenvalue weighted by Crippen LogP contribution is -2.34. The molecule has 7 heteroatoms. The monoisotopic (exact) mass is 317 g/mol. The van der Waals surface area contributed by atoms with E-state index in [4.69, 9.17) is 4.52 Å². The van der Waals surface area contributed by atoms with Gasteiger partial charge in [0.25, 0.3) is 0 Å². The van der Waals surface area contributed by atoms with E-state index < -0.39 is 19.5 Å². The maximum Gasteiger partial charge on any atom is 0.323 e. The van der Waals surface area contributed by atoms with Crippen LogP contribution in [0, 0.1) is 0 Å². The van der Waals surface area contributed by atoms with Crippen molar-refractivity contribution in [1.82, 2.24) is 5.09 Å². The lowest BCUT2D eigenvalue weighted by Gasteiger charge is -2.23. The molecule has 0 fully saturated rings. The number of rotatable bonds is 8. The number of esters is 1. The van der Waals surface area contributed by atoms with E-state index in [1.54, 1.807) is 43.0 Å². The normalized spacial score (nSPS) is 15.2. The number of hydrogen-bond donors (Lipinski definition) is 1. The van der Waals surface area contributed by atoms with Crippen molar-refractivity contribution < 1.29 is 18.6 Å². The Morgan fingerprint density at radius 3 is 2.60 bits per heavy atom. The second-order valence-electron chi connectivity index (χ2n) is 4.17. The molecule has 0 heterocycles. The third kappa shape index (κ3) is 5.57. The van der Waals surface area contributed by atoms with E-state index >= 15 is 0 Å². The molecule has 0 aliphatic carbocycles. The van der Waals surface area contributed by atoms with Crippen LogP contribution in [0.15, 0.2) is 30.3 Å². The van der Waals surface area contributed by atoms with Gasteiger partial charge in [0.05, 0.1) is 13.3 Å². The van der Waals surface area contributed by atoms with Crippen molar-refractivity contribution in [3.8, 4) is 5.75 Å². The Bertz CT molecular complexity index is 469. The molecule has 1 aromatic carbocycles. The van der Waals surface area contributed by atoms with Crippen molar-refractivity contribution in [3.05, 3.63) is 30.3 Å². The summed E-state index contributed by atoms with van der Waals surface area (Å²) in [5.41, 5.74) is 0. The molecule has 20 heavy (non-hydrogen) atoms. The number of hydrogen-bond acceptors (Lipinski definition) is 5. The molecule has 1 N–H and O–H groups in total. The predicted octanol–water partition coefficient (Wildman–Crippen LogP) is 2.77. The Morgan fingerprint density at radius 1 is 1.40 bits per heavy atom. The maximum absolute atomic E-state index is 12.8. The summed E-state index contributed by atoms with van der Waals surface area (Å²) in [6.45, 7) is 1.60. The first-order chi connectivity index (χ1) is 9.50. The fraction of sp³-hybridized carbons (Fsp3) is 0.462. The van der Waals surface area contributed by atoms with Gasteiger partial charge in [-0.1, -0.05) is 18.2 Å². The average molecular weight is 317 g/mol. The highest BCUT2D eigenvalue weighted by molar-refractivity contribution is 7.98. The Morgan fingerprint density at radius 2 is 2.05 bits per heavy atom. The van der Waals surface area contributed by atoms with Crippen LogP contribution in [0.1, 0.15) is 6.92 Å². The van der Waals surface area contributed by atoms with E-state index in [0.717, 1.165) is 0 Å². The highest BCUT2D eigenvalue weighted by Crippen LogP contribution is 2.43. The zero-order valence-electron chi connectivity index (χ0n) is 11.9. The zero-order valence-corrected chi connectivity index (χ0v) is 13.6. The van der Waals surface area contributed by atoms with Gasteiger partial charge in [0.2, 0.25) is 0 Å². The molecule has 2 atom stereocenters. The van der Waals surface area contributed by atoms with Crippen LogP contribution in [0.3, 0.4) is 0 Å². The van der Waals surface area contributed by atoms with Crippen molar-refractivity contribution in [3.63, 3.8) is 0 Å². The van der Waals surface area contributed by atoms with Crippen LogP contribution >= 0.6 is 19.3 Å². The van der Waals surface area contributed by atoms with E-state index in [9.17, 15) is 9.36 Å². The Hall–Kier alpha value is -0.970. The van der Waals surface area contributed by atoms with Gasteiger partial charge in [-0.05, 0) is 25.3 Å². The van der Waals surface area contributed by atoms with Gasteiger partial charge in [0.1, 0.15) is 11.8 Å². The number of para-hydroxylation sites is 1. The number of methoxy groups -OCH3 is 1. The number of ether oxygens (including phenoxy) is 1. The third-order valence-corrected chi connectivity index (χ3v) is 5.54. The Balaban J connectivity index is 2.80. The summed E-state index contributed by atoms with van der Waals surface area (Å²) in [4.78, 5) is 11.4. The molecule has 112 valence electrons. The van der Waals surface area contributed by atoms with E-state index in [-0.39, 0.29) is 0 Å². The fourth-order valence-electron chi connectivity index (χ4n) is 1.52. The van der Waals surface area contributed by atoms with E-state index in [1.165, 1.54) is 7.11 Å². The molecule has 0 spiro atoms. The SMILES string of the molecule is COC(=O)C(C)NP(=O)(CCSC)Oc1ccccc1. The first-order valence-electron chi connectivity index (χ1n) is 6.19. The van der Waals surface area contributed by atoms with Crippen LogP contribution in [0.5, 0.6) is 5.75 Å². The smallest absolute Gasteiger partial charge is 0.323 e. The average Bonchev–Trinajstić information content (AvgIpc) is 2.45. The minimum Gasteiger partial charge on any atom is -0.468 e. The molecular formula is C13H20NO4PS. The molecule has 2 unspecified atom stereocenters. The number of carbonyl (C=O) groups excluding carboxylic acids is 1. The minimum absolute atomic E-state index is 0.338. The van der Waals surface area contributed by atoms with Gasteiger partial charge in [-0.25, -0.2) is 5.09 Å². The molecule has 0 saturated heterocycles. The Kier molecular flexibility index (Phi) is 7.13. The van der Waals surface area contributed by atoms with Gasteiger partial charge >= 0.3 is 13.5 Å². The topological polar surface area (TPSA) is 64.6 Å². The lowest BCUT2D eigenvalue weighted by atomic mass is 10.3. The van der Waals surface area contributed by atoms with E-state index in [1.807, 2.05) is 12.3 Å². The minimum atomic E-state index is -3.15. The van der Waals surface area contributed by atoms with Crippen LogP contribution in [0.2, 0.25) is 0 Å². The highest BCUT2D eigenvalue weighted by Gasteiger charge is 2.29. The van der Waals surface area contributed by atoms with E-state index in [0.29, 0.717) is 17.7 Å². The van der Waals surface area contributed by atoms with Gasteiger partial charge < -0.3 is 9.26 Å². The molecule has 1 aromatic rings. The van der Waals surface area contributed by atoms with Crippen molar-refractivity contribution in [1.29, 1.82) is 0 Å². The standard InChI is InChI=1S/C13H20NO4PS/c1-11(13(15)17-2)14-19(16,9-10-20-3)18-12-7-5-4-6-8-12/h4-8,11H,9-10H2,1-3H3,(H,14,16). The molecule has 5 nitrogen and oxygen atoms in total. The second kappa shape index (κ2) is 8.35. The molecule has 0 radical (unpaired) electrons. The van der Waals surface area contributed by atoms with Crippen molar-refractivity contribution in [2.24, 2.45) is 0 Å². The van der Waals surface area contributed by atoms with Crippen LogP contribution in [-0.2, 0) is 14.1 Å². The second-order valence-corrected chi connectivity index (χ2v) is 7.39. The molecule has 0 amide bonds. The molecule has 0 aliphatic heterocycles. The van der Waals surface area contributed by atoms with Gasteiger partial charge in [-0.2, -0.15) is 11.8 Å². The summed E-state index contributed by atoms with van der Waals surface area (Å²) in [6, 6.07) is 8.24. The maximum atomic E-state index is 12.8. The van der Waals surface area contributed by atoms with Crippen molar-refractivity contribution in [2.45, 2.75) is 13.0 Å². The van der Waals surface area contributed by atoms with Crippen LogP contribution < -0.4 is 9.61 Å². The number of thioether (sulfide) groups is 1. The molecule has 1 rings (SSSR count). The summed E-state index contributed by atoms with van der Waals surface area (Å²) >= 11 is 1.57. The van der Waals surface area contributed by atoms with Crippen molar-refractivity contribution in [2.75, 3.05) is 25.3 Å². The summed E-state index contributed by atoms with van der Waals surface area (Å²) in [6.07, 6.45) is 2.26. The lowest BCUT2D eigenvalue weighted by molar-refractivity contribution is -0.142. The summed E-state index contributed by atoms with van der Waals surface area (Å²) < 4.78 is 23.0. The number of carbonyl (C=O) groups is 1. The van der Waals surface area contributed by atoms with Crippen LogP contribution in [0.4, 0.5) is 0 Å². The zero-order chi connectivity index (χ0) is 15.0. The van der Waals surface area contributed by atoms with Gasteiger partial charge in [0, 0.05) is 5.75 Å². The molecule has 0 aromatic heterocycles. The third-order valence-electron chi connectivity index (χ3n) is 2.53. The quantitative estimate of drug-likeness (QED) is 0.587. The summed E-state index contributed by atoms with van der Waals surface area (Å²) in [7, 11) is -1.86. The summed E-state index contributed by atoms with van der Waals surface area (Å²) in [5.74, 6) is 0.720. The van der Waals surface area contributed by atoms with Gasteiger partial charge in [0.15, 0.2) is 0 Å². The largest absolute Gasteiger partial charge is 0.468 e. The number of benzene rings is 1. The van der Waals surface area contributed by atoms with Crippen molar-refractivity contribution >= 4 is 25.3 Å². The first-order valence-corrected chi connectivity index (χ1v) is 9.39. The molecule has 0 saturated carbocycles. The molecule has 0 bridgehead atoms. The van der Waals surface area contributed by atoms with Crippen LogP contribution in [0.25, 0.3) is 0 Å². The number of nitrogens with one attached hydrogen (secondary N) is 1. The summed E-state index contributed by atoms with van der Waals surface area (Å²) in [5, 5.41) is 2.77. The van der Waals surface area contributed by atoms with E-state index in [2.05, 4.69) is 9.82 Å². The van der Waals surface area contributed by atoms with Gasteiger partial charge in [-0.15, -0.1) is 0 Å². The van der Waals surface area contributed by atoms with Crippen LogP contribution in [-0.4, -0.2) is 37.3 Å². The van der Waals surface area contributed by atoms with Gasteiger partial charge in [-0.3, -0.25) is 9.36 Å².